The van der Waals surface area contributed by atoms with E-state index in [2.05, 4.69) is 4.98 Å². The molecule has 0 radical (unpaired) electrons. The molecule has 3 aliphatic heterocycles. The molecular weight excluding hydrogens is 644 g/mol. The van der Waals surface area contributed by atoms with E-state index in [0.29, 0.717) is 53.5 Å². The predicted molar refractivity (Wildman–Crippen MR) is 161 cm³/mol. The lowest BCUT2D eigenvalue weighted by Gasteiger charge is -2.31. The first-order valence-corrected chi connectivity index (χ1v) is 15.6. The van der Waals surface area contributed by atoms with E-state index in [1.54, 1.807) is 17.2 Å². The van der Waals surface area contributed by atoms with Gasteiger partial charge in [-0.05, 0) is 67.6 Å². The normalized spacial score (nSPS) is 19.6. The Morgan fingerprint density at radius 2 is 1.62 bits per heavy atom. The van der Waals surface area contributed by atoms with Gasteiger partial charge in [-0.15, -0.1) is 0 Å². The minimum absolute atomic E-state index is 0.0373. The van der Waals surface area contributed by atoms with Crippen LogP contribution in [0.5, 0.6) is 5.75 Å². The van der Waals surface area contributed by atoms with Crippen LogP contribution in [0.4, 0.5) is 37.1 Å². The number of cyclic esters (lactones) is 1. The van der Waals surface area contributed by atoms with Gasteiger partial charge < -0.3 is 19.3 Å². The molecule has 0 spiro atoms. The van der Waals surface area contributed by atoms with Crippen molar-refractivity contribution in [1.82, 2.24) is 19.8 Å². The lowest BCUT2D eigenvalue weighted by Crippen LogP contribution is -2.42. The molecule has 0 N–H and O–H groups in total. The fourth-order valence-electron chi connectivity index (χ4n) is 5.98. The zero-order valence-corrected chi connectivity index (χ0v) is 26.2. The monoisotopic (exact) mass is 677 g/mol. The van der Waals surface area contributed by atoms with Gasteiger partial charge in [0.15, 0.2) is 0 Å². The van der Waals surface area contributed by atoms with Gasteiger partial charge in [0.25, 0.3) is 0 Å². The van der Waals surface area contributed by atoms with Gasteiger partial charge in [0.1, 0.15) is 11.9 Å². The van der Waals surface area contributed by atoms with Crippen LogP contribution in [0.3, 0.4) is 0 Å². The predicted octanol–water partition coefficient (Wildman–Crippen LogP) is 6.65. The molecule has 2 aromatic carbocycles. The Bertz CT molecular complexity index is 1670. The number of hydrogen-bond acceptors (Lipinski definition) is 7. The summed E-state index contributed by atoms with van der Waals surface area (Å²) < 4.78 is 92.7. The number of amides is 2. The Labute approximate surface area is 272 Å². The quantitative estimate of drug-likeness (QED) is 0.235. The number of halogens is 6. The number of nitrogens with zero attached hydrogens (tertiary/aromatic N) is 5. The number of rotatable bonds is 9. The molecule has 2 atom stereocenters. The highest BCUT2D eigenvalue weighted by Crippen LogP contribution is 2.42. The number of likely N-dealkylation sites (tertiary alicyclic amines) is 1. The fourth-order valence-corrected chi connectivity index (χ4v) is 5.98. The van der Waals surface area contributed by atoms with Crippen molar-refractivity contribution in [1.29, 1.82) is 0 Å². The topological polar surface area (TPSA) is 88.1 Å². The average molecular weight is 678 g/mol. The van der Waals surface area contributed by atoms with Crippen molar-refractivity contribution in [2.24, 2.45) is 0 Å². The lowest BCUT2D eigenvalue weighted by atomic mass is 9.97. The molecule has 1 aromatic heterocycles. The minimum Gasteiger partial charge on any atom is -0.496 e. The van der Waals surface area contributed by atoms with Crippen molar-refractivity contribution in [3.05, 3.63) is 70.5 Å². The molecule has 3 fully saturated rings. The van der Waals surface area contributed by atoms with Gasteiger partial charge in [0.05, 0.1) is 36.5 Å². The fraction of sp³-hybridized carbons (Fsp3) is 0.455. The summed E-state index contributed by atoms with van der Waals surface area (Å²) in [6.45, 7) is 4.28. The first-order valence-electron chi connectivity index (χ1n) is 15.6. The Kier molecular flexibility index (Phi) is 8.90. The Balaban J connectivity index is 1.33. The molecule has 0 saturated carbocycles. The third-order valence-corrected chi connectivity index (χ3v) is 9.03. The number of carbonyl (C=O) groups excluding carboxylic acids is 2. The van der Waals surface area contributed by atoms with Crippen molar-refractivity contribution in [3.63, 3.8) is 0 Å². The van der Waals surface area contributed by atoms with Gasteiger partial charge in [-0.2, -0.15) is 26.3 Å². The van der Waals surface area contributed by atoms with E-state index < -0.39 is 47.3 Å². The molecule has 4 heterocycles. The first-order chi connectivity index (χ1) is 22.7. The molecule has 0 unspecified atom stereocenters. The molecule has 2 amide bonds. The summed E-state index contributed by atoms with van der Waals surface area (Å²) in [6.07, 6.45) is -8.10. The largest absolute Gasteiger partial charge is 0.496 e. The third kappa shape index (κ3) is 6.72. The smallest absolute Gasteiger partial charge is 0.416 e. The molecule has 3 aliphatic rings. The summed E-state index contributed by atoms with van der Waals surface area (Å²) in [4.78, 5) is 40.0. The summed E-state index contributed by atoms with van der Waals surface area (Å²) in [5.41, 5.74) is -1.07. The van der Waals surface area contributed by atoms with Crippen LogP contribution in [-0.2, 0) is 34.8 Å². The molecule has 3 aromatic rings. The molecule has 9 nitrogen and oxygen atoms in total. The van der Waals surface area contributed by atoms with Crippen LogP contribution in [-0.4, -0.2) is 71.1 Å². The number of hydrogen-bond donors (Lipinski definition) is 0. The van der Waals surface area contributed by atoms with E-state index >= 15 is 0 Å². The lowest BCUT2D eigenvalue weighted by molar-refractivity contribution is -0.143. The Hall–Kier alpha value is -4.56. The minimum atomic E-state index is -5.06. The molecule has 0 bridgehead atoms. The number of carbonyl (C=O) groups is 2. The SMILES string of the molecule is COc1ccc(CCC(=O)N2CCC2)cc1-c1cnc(N2CCC2)nc1CN1C(=O)O[C@H](c2cc(C(F)(F)F)cc(C(F)(F)F)c2)[C@@H]1C. The number of aromatic nitrogens is 2. The van der Waals surface area contributed by atoms with Gasteiger partial charge >= 0.3 is 18.4 Å². The van der Waals surface area contributed by atoms with Gasteiger partial charge in [0.2, 0.25) is 11.9 Å². The molecule has 15 heteroatoms. The van der Waals surface area contributed by atoms with Crippen molar-refractivity contribution in [2.75, 3.05) is 38.2 Å². The number of benzene rings is 2. The second-order valence-corrected chi connectivity index (χ2v) is 12.2. The second kappa shape index (κ2) is 12.8. The van der Waals surface area contributed by atoms with Crippen LogP contribution in [0, 0.1) is 0 Å². The van der Waals surface area contributed by atoms with Crippen LogP contribution in [0.2, 0.25) is 0 Å². The number of methoxy groups -OCH3 is 1. The van der Waals surface area contributed by atoms with Crippen LogP contribution in [0.25, 0.3) is 11.1 Å². The van der Waals surface area contributed by atoms with E-state index in [-0.39, 0.29) is 18.5 Å². The highest BCUT2D eigenvalue weighted by atomic mass is 19.4. The summed E-state index contributed by atoms with van der Waals surface area (Å²) in [6, 6.07) is 5.72. The number of aryl methyl sites for hydroxylation is 1. The summed E-state index contributed by atoms with van der Waals surface area (Å²) in [7, 11) is 1.50. The van der Waals surface area contributed by atoms with Crippen molar-refractivity contribution < 1.29 is 45.4 Å². The molecule has 0 aliphatic carbocycles. The van der Waals surface area contributed by atoms with Crippen molar-refractivity contribution in [2.45, 2.75) is 63.7 Å². The summed E-state index contributed by atoms with van der Waals surface area (Å²) in [5.74, 6) is 0.966. The van der Waals surface area contributed by atoms with Crippen LogP contribution >= 0.6 is 0 Å². The van der Waals surface area contributed by atoms with Crippen LogP contribution in [0.15, 0.2) is 42.6 Å². The second-order valence-electron chi connectivity index (χ2n) is 12.2. The number of ether oxygens (including phenoxy) is 2. The highest BCUT2D eigenvalue weighted by molar-refractivity contribution is 5.78. The maximum absolute atomic E-state index is 13.6. The number of alkyl halides is 6. The van der Waals surface area contributed by atoms with Gasteiger partial charge in [-0.3, -0.25) is 9.69 Å². The zero-order valence-electron chi connectivity index (χ0n) is 26.2. The van der Waals surface area contributed by atoms with Crippen molar-refractivity contribution in [3.8, 4) is 16.9 Å². The summed E-state index contributed by atoms with van der Waals surface area (Å²) >= 11 is 0. The van der Waals surface area contributed by atoms with E-state index in [1.807, 2.05) is 17.0 Å². The maximum atomic E-state index is 13.6. The highest BCUT2D eigenvalue weighted by Gasteiger charge is 2.44. The van der Waals surface area contributed by atoms with Gasteiger partial charge in [-0.25, -0.2) is 14.8 Å². The molecule has 48 heavy (non-hydrogen) atoms. The van der Waals surface area contributed by atoms with E-state index in [9.17, 15) is 35.9 Å². The third-order valence-electron chi connectivity index (χ3n) is 9.03. The molecule has 3 saturated heterocycles. The maximum Gasteiger partial charge on any atom is 0.416 e. The molecular formula is C33H33F6N5O4. The molecule has 6 rings (SSSR count). The van der Waals surface area contributed by atoms with Crippen LogP contribution < -0.4 is 9.64 Å². The van der Waals surface area contributed by atoms with Crippen LogP contribution in [0.1, 0.15) is 60.2 Å². The first kappa shape index (κ1) is 33.3. The van der Waals surface area contributed by atoms with E-state index in [1.165, 1.54) is 18.9 Å². The Morgan fingerprint density at radius 1 is 0.958 bits per heavy atom. The summed E-state index contributed by atoms with van der Waals surface area (Å²) in [5, 5.41) is 0. The standard InChI is InChI=1S/C33H33F6N5O4/c1-19-29(21-14-22(32(34,35)36)16-23(15-21)33(37,38)39)48-31(46)44(19)18-26-25(17-40-30(41-26)43-11-4-12-43)24-13-20(5-7-27(24)47-2)6-8-28(45)42-9-3-10-42/h5,7,13-17,19,29H,3-4,6,8-12,18H2,1-2H3/t19-,29-/m0/s1. The van der Waals surface area contributed by atoms with Gasteiger partial charge in [0, 0.05) is 49.9 Å². The van der Waals surface area contributed by atoms with Crippen molar-refractivity contribution >= 4 is 17.9 Å². The number of anilines is 1. The Morgan fingerprint density at radius 3 is 2.19 bits per heavy atom. The van der Waals surface area contributed by atoms with E-state index in [4.69, 9.17) is 14.5 Å². The zero-order chi connectivity index (χ0) is 34.4. The van der Waals surface area contributed by atoms with Gasteiger partial charge in [-0.1, -0.05) is 6.07 Å². The van der Waals surface area contributed by atoms with E-state index in [0.717, 1.165) is 44.6 Å². The molecule has 256 valence electrons. The average Bonchev–Trinajstić information content (AvgIpc) is 3.25.